The van der Waals surface area contributed by atoms with Crippen LogP contribution in [0.1, 0.15) is 11.5 Å². The van der Waals surface area contributed by atoms with Gasteiger partial charge in [0.05, 0.1) is 23.8 Å². The smallest absolute Gasteiger partial charge is 0.134 e. The van der Waals surface area contributed by atoms with E-state index in [9.17, 15) is 0 Å². The van der Waals surface area contributed by atoms with Crippen molar-refractivity contribution >= 4 is 23.1 Å². The molecule has 0 saturated heterocycles. The molecule has 0 fully saturated rings. The van der Waals surface area contributed by atoms with Gasteiger partial charge in [-0.05, 0) is 38.1 Å². The molecular formula is C15H14ClN5. The number of hydrogen-bond donors (Lipinski definition) is 1. The highest BCUT2D eigenvalue weighted by molar-refractivity contribution is 6.30. The minimum atomic E-state index is 0.705. The van der Waals surface area contributed by atoms with Crippen molar-refractivity contribution in [2.75, 3.05) is 5.32 Å². The van der Waals surface area contributed by atoms with Crippen molar-refractivity contribution in [2.24, 2.45) is 0 Å². The molecule has 0 saturated carbocycles. The molecule has 106 valence electrons. The van der Waals surface area contributed by atoms with Crippen molar-refractivity contribution in [1.82, 2.24) is 19.7 Å². The molecule has 0 aliphatic heterocycles. The molecule has 0 spiro atoms. The van der Waals surface area contributed by atoms with Crippen molar-refractivity contribution < 1.29 is 0 Å². The van der Waals surface area contributed by atoms with Crippen LogP contribution in [0.25, 0.3) is 5.69 Å². The van der Waals surface area contributed by atoms with E-state index >= 15 is 0 Å². The van der Waals surface area contributed by atoms with Gasteiger partial charge < -0.3 is 5.32 Å². The molecule has 21 heavy (non-hydrogen) atoms. The van der Waals surface area contributed by atoms with Crippen LogP contribution in [0, 0.1) is 13.8 Å². The molecule has 5 nitrogen and oxygen atoms in total. The van der Waals surface area contributed by atoms with E-state index in [0.29, 0.717) is 5.02 Å². The monoisotopic (exact) mass is 299 g/mol. The highest BCUT2D eigenvalue weighted by Crippen LogP contribution is 2.18. The lowest BCUT2D eigenvalue weighted by molar-refractivity contribution is 0.881. The first-order valence-electron chi connectivity index (χ1n) is 6.50. The fourth-order valence-electron chi connectivity index (χ4n) is 2.05. The van der Waals surface area contributed by atoms with Crippen LogP contribution in [-0.2, 0) is 0 Å². The molecule has 2 heterocycles. The van der Waals surface area contributed by atoms with Crippen LogP contribution < -0.4 is 5.32 Å². The number of nitrogens with one attached hydrogen (secondary N) is 1. The molecule has 0 aliphatic carbocycles. The summed E-state index contributed by atoms with van der Waals surface area (Å²) in [4.78, 5) is 8.60. The summed E-state index contributed by atoms with van der Waals surface area (Å²) in [6.45, 7) is 3.81. The van der Waals surface area contributed by atoms with Crippen LogP contribution in [0.15, 0.2) is 42.7 Å². The second kappa shape index (κ2) is 5.54. The number of aromatic nitrogens is 4. The molecule has 0 amide bonds. The van der Waals surface area contributed by atoms with Crippen LogP contribution >= 0.6 is 11.6 Å². The third kappa shape index (κ3) is 3.20. The van der Waals surface area contributed by atoms with Gasteiger partial charge in [0.2, 0.25) is 0 Å². The van der Waals surface area contributed by atoms with E-state index in [0.717, 1.165) is 28.7 Å². The molecule has 1 aromatic carbocycles. The molecule has 0 radical (unpaired) electrons. The van der Waals surface area contributed by atoms with Crippen molar-refractivity contribution in [3.63, 3.8) is 0 Å². The van der Waals surface area contributed by atoms with Gasteiger partial charge in [0.15, 0.2) is 0 Å². The number of rotatable bonds is 3. The molecule has 0 unspecified atom stereocenters. The molecule has 6 heteroatoms. The lowest BCUT2D eigenvalue weighted by Gasteiger charge is -2.04. The van der Waals surface area contributed by atoms with Gasteiger partial charge in [-0.15, -0.1) is 0 Å². The Hall–Kier alpha value is -2.40. The van der Waals surface area contributed by atoms with E-state index in [4.69, 9.17) is 11.6 Å². The summed E-state index contributed by atoms with van der Waals surface area (Å²) in [7, 11) is 0. The fourth-order valence-corrected chi connectivity index (χ4v) is 2.18. The topological polar surface area (TPSA) is 55.6 Å². The predicted molar refractivity (Wildman–Crippen MR) is 83.4 cm³/mol. The Morgan fingerprint density at radius 3 is 2.57 bits per heavy atom. The minimum Gasteiger partial charge on any atom is -0.338 e. The molecular weight excluding hydrogens is 286 g/mol. The summed E-state index contributed by atoms with van der Waals surface area (Å²) in [5, 5.41) is 8.26. The first-order valence-corrected chi connectivity index (χ1v) is 6.88. The van der Waals surface area contributed by atoms with Gasteiger partial charge >= 0.3 is 0 Å². The lowest BCUT2D eigenvalue weighted by atomic mass is 10.3. The van der Waals surface area contributed by atoms with Gasteiger partial charge in [-0.3, -0.25) is 0 Å². The number of benzene rings is 1. The van der Waals surface area contributed by atoms with Crippen LogP contribution in [0.4, 0.5) is 11.5 Å². The maximum atomic E-state index is 5.89. The third-order valence-corrected chi connectivity index (χ3v) is 3.16. The summed E-state index contributed by atoms with van der Waals surface area (Å²) >= 11 is 5.89. The summed E-state index contributed by atoms with van der Waals surface area (Å²) in [6.07, 6.45) is 3.65. The first-order chi connectivity index (χ1) is 10.1. The van der Waals surface area contributed by atoms with E-state index in [1.807, 2.05) is 50.4 Å². The number of aryl methyl sites for hydroxylation is 2. The normalized spacial score (nSPS) is 10.6. The second-order valence-corrected chi connectivity index (χ2v) is 5.15. The Bertz CT molecular complexity index is 744. The number of halogens is 1. The summed E-state index contributed by atoms with van der Waals surface area (Å²) in [6, 6.07) is 9.40. The molecule has 0 bridgehead atoms. The van der Waals surface area contributed by atoms with Gasteiger partial charge in [0, 0.05) is 16.8 Å². The van der Waals surface area contributed by atoms with Gasteiger partial charge in [-0.2, -0.15) is 5.10 Å². The van der Waals surface area contributed by atoms with Crippen molar-refractivity contribution in [3.05, 3.63) is 59.3 Å². The Kier molecular flexibility index (Phi) is 3.58. The average Bonchev–Trinajstić information content (AvgIpc) is 2.87. The largest absolute Gasteiger partial charge is 0.338 e. The second-order valence-electron chi connectivity index (χ2n) is 4.72. The number of hydrogen-bond acceptors (Lipinski definition) is 4. The molecule has 2 aromatic heterocycles. The van der Waals surface area contributed by atoms with E-state index in [1.165, 1.54) is 0 Å². The highest BCUT2D eigenvalue weighted by Gasteiger charge is 2.03. The van der Waals surface area contributed by atoms with E-state index in [2.05, 4.69) is 20.4 Å². The Morgan fingerprint density at radius 1 is 1.10 bits per heavy atom. The number of nitrogens with zero attached hydrogens (tertiary/aromatic N) is 4. The van der Waals surface area contributed by atoms with Crippen LogP contribution in [0.5, 0.6) is 0 Å². The predicted octanol–water partition coefficient (Wildman–Crippen LogP) is 3.68. The summed E-state index contributed by atoms with van der Waals surface area (Å²) < 4.78 is 1.78. The summed E-state index contributed by atoms with van der Waals surface area (Å²) in [5.74, 6) is 1.50. The van der Waals surface area contributed by atoms with Crippen LogP contribution in [-0.4, -0.2) is 19.7 Å². The van der Waals surface area contributed by atoms with Gasteiger partial charge in [-0.25, -0.2) is 14.6 Å². The fraction of sp³-hybridized carbons (Fsp3) is 0.133. The van der Waals surface area contributed by atoms with Gasteiger partial charge in [-0.1, -0.05) is 11.6 Å². The standard InChI is InChI=1S/C15H14ClN5/c1-10-7-15(19-11(2)18-10)20-13-8-17-21(9-13)14-5-3-12(16)4-6-14/h3-9H,1-2H3,(H,18,19,20). The zero-order chi connectivity index (χ0) is 14.8. The number of anilines is 2. The first kappa shape index (κ1) is 13.6. The van der Waals surface area contributed by atoms with Crippen molar-refractivity contribution in [3.8, 4) is 5.69 Å². The summed E-state index contributed by atoms with van der Waals surface area (Å²) in [5.41, 5.74) is 2.74. The quantitative estimate of drug-likeness (QED) is 0.801. The van der Waals surface area contributed by atoms with Crippen LogP contribution in [0.3, 0.4) is 0 Å². The van der Waals surface area contributed by atoms with Gasteiger partial charge in [0.25, 0.3) is 0 Å². The zero-order valence-corrected chi connectivity index (χ0v) is 12.5. The Labute approximate surface area is 127 Å². The van der Waals surface area contributed by atoms with E-state index < -0.39 is 0 Å². The van der Waals surface area contributed by atoms with Gasteiger partial charge in [0.1, 0.15) is 11.6 Å². The molecule has 3 aromatic rings. The van der Waals surface area contributed by atoms with E-state index in [-0.39, 0.29) is 0 Å². The van der Waals surface area contributed by atoms with Crippen molar-refractivity contribution in [1.29, 1.82) is 0 Å². The van der Waals surface area contributed by atoms with Crippen LogP contribution in [0.2, 0.25) is 5.02 Å². The lowest BCUT2D eigenvalue weighted by Crippen LogP contribution is -1.98. The molecule has 0 atom stereocenters. The average molecular weight is 300 g/mol. The highest BCUT2D eigenvalue weighted by atomic mass is 35.5. The molecule has 0 aliphatic rings. The van der Waals surface area contributed by atoms with Crippen molar-refractivity contribution in [2.45, 2.75) is 13.8 Å². The Balaban J connectivity index is 1.83. The Morgan fingerprint density at radius 2 is 1.86 bits per heavy atom. The van der Waals surface area contributed by atoms with E-state index in [1.54, 1.807) is 10.9 Å². The minimum absolute atomic E-state index is 0.705. The molecule has 3 rings (SSSR count). The maximum absolute atomic E-state index is 5.89. The SMILES string of the molecule is Cc1cc(Nc2cnn(-c3ccc(Cl)cc3)c2)nc(C)n1. The maximum Gasteiger partial charge on any atom is 0.134 e. The third-order valence-electron chi connectivity index (χ3n) is 2.91. The zero-order valence-electron chi connectivity index (χ0n) is 11.7. The molecule has 1 N–H and O–H groups in total.